The number of rotatable bonds is 4. The van der Waals surface area contributed by atoms with Crippen LogP contribution in [0.1, 0.15) is 10.4 Å². The summed E-state index contributed by atoms with van der Waals surface area (Å²) >= 11 is 1.59. The Morgan fingerprint density at radius 2 is 2.05 bits per heavy atom. The minimum absolute atomic E-state index is 0.0284. The van der Waals surface area contributed by atoms with Crippen molar-refractivity contribution >= 4 is 27.5 Å². The fourth-order valence-corrected chi connectivity index (χ4v) is 3.70. The van der Waals surface area contributed by atoms with Gasteiger partial charge < -0.3 is 10.1 Å². The van der Waals surface area contributed by atoms with Crippen molar-refractivity contribution in [1.82, 2.24) is 14.5 Å². The highest BCUT2D eigenvalue weighted by Gasteiger charge is 2.15. The van der Waals surface area contributed by atoms with Crippen LogP contribution in [-0.4, -0.2) is 53.8 Å². The van der Waals surface area contributed by atoms with Gasteiger partial charge in [-0.05, 0) is 19.4 Å². The van der Waals surface area contributed by atoms with Gasteiger partial charge in [0.1, 0.15) is 4.83 Å². The lowest BCUT2D eigenvalue weighted by molar-refractivity contribution is 0.0398. The van der Waals surface area contributed by atoms with E-state index in [4.69, 9.17) is 4.74 Å². The van der Waals surface area contributed by atoms with E-state index < -0.39 is 0 Å². The molecule has 3 heterocycles. The van der Waals surface area contributed by atoms with Crippen molar-refractivity contribution < 1.29 is 4.74 Å². The molecule has 1 fully saturated rings. The molecular formula is C15H22N4O2S. The van der Waals surface area contributed by atoms with Crippen LogP contribution in [0.4, 0.5) is 5.95 Å². The summed E-state index contributed by atoms with van der Waals surface area (Å²) < 4.78 is 6.95. The molecule has 120 valence electrons. The highest BCUT2D eigenvalue weighted by molar-refractivity contribution is 7.18. The van der Waals surface area contributed by atoms with Crippen LogP contribution in [0.5, 0.6) is 0 Å². The lowest BCUT2D eigenvalue weighted by Gasteiger charge is -2.26. The van der Waals surface area contributed by atoms with Gasteiger partial charge >= 0.3 is 0 Å². The summed E-state index contributed by atoms with van der Waals surface area (Å²) in [5.74, 6) is 0.645. The van der Waals surface area contributed by atoms with Crippen molar-refractivity contribution in [2.75, 3.05) is 44.7 Å². The van der Waals surface area contributed by atoms with Crippen LogP contribution in [0.2, 0.25) is 0 Å². The van der Waals surface area contributed by atoms with Crippen LogP contribution in [0.15, 0.2) is 4.79 Å². The Hall–Kier alpha value is -1.44. The van der Waals surface area contributed by atoms with E-state index >= 15 is 0 Å². The van der Waals surface area contributed by atoms with Crippen molar-refractivity contribution in [2.45, 2.75) is 13.8 Å². The number of aromatic nitrogens is 2. The molecule has 1 aliphatic rings. The second kappa shape index (κ2) is 6.36. The summed E-state index contributed by atoms with van der Waals surface area (Å²) in [6.07, 6.45) is 0. The van der Waals surface area contributed by atoms with Gasteiger partial charge in [-0.1, -0.05) is 0 Å². The van der Waals surface area contributed by atoms with Gasteiger partial charge in [0.15, 0.2) is 0 Å². The maximum Gasteiger partial charge on any atom is 0.263 e. The third kappa shape index (κ3) is 2.88. The summed E-state index contributed by atoms with van der Waals surface area (Å²) in [6, 6.07) is 0. The van der Waals surface area contributed by atoms with Gasteiger partial charge in [-0.25, -0.2) is 4.98 Å². The van der Waals surface area contributed by atoms with Crippen molar-refractivity contribution in [3.05, 3.63) is 20.8 Å². The van der Waals surface area contributed by atoms with Crippen molar-refractivity contribution in [3.8, 4) is 0 Å². The zero-order chi connectivity index (χ0) is 15.7. The Bertz CT molecular complexity index is 731. The number of thiophene rings is 1. The molecule has 0 spiro atoms. The number of aryl methyl sites for hydroxylation is 2. The molecule has 0 radical (unpaired) electrons. The Kier molecular flexibility index (Phi) is 4.46. The van der Waals surface area contributed by atoms with Crippen molar-refractivity contribution in [2.24, 2.45) is 7.05 Å². The van der Waals surface area contributed by atoms with E-state index in [0.717, 1.165) is 60.1 Å². The number of morpholine rings is 1. The molecule has 0 atom stereocenters. The van der Waals surface area contributed by atoms with Crippen molar-refractivity contribution in [3.63, 3.8) is 0 Å². The van der Waals surface area contributed by atoms with Crippen LogP contribution >= 0.6 is 11.3 Å². The second-order valence-electron chi connectivity index (χ2n) is 5.64. The standard InChI is InChI=1S/C15H22N4O2S/c1-10-11(2)22-13-12(10)14(20)18(3)15(17-13)16-4-5-19-6-8-21-9-7-19/h4-9H2,1-3H3,(H,16,17). The van der Waals surface area contributed by atoms with Crippen molar-refractivity contribution in [1.29, 1.82) is 0 Å². The number of hydrogen-bond acceptors (Lipinski definition) is 6. The third-order valence-electron chi connectivity index (χ3n) is 4.23. The molecule has 2 aromatic heterocycles. The van der Waals surface area contributed by atoms with Gasteiger partial charge in [0.05, 0.1) is 18.6 Å². The minimum Gasteiger partial charge on any atom is -0.379 e. The molecular weight excluding hydrogens is 300 g/mol. The SMILES string of the molecule is Cc1sc2nc(NCCN3CCOCC3)n(C)c(=O)c2c1C. The van der Waals surface area contributed by atoms with E-state index in [0.29, 0.717) is 5.95 Å². The molecule has 3 rings (SSSR count). The molecule has 1 saturated heterocycles. The molecule has 0 bridgehead atoms. The summed E-state index contributed by atoms with van der Waals surface area (Å²) in [5, 5.41) is 4.05. The first kappa shape index (κ1) is 15.5. The van der Waals surface area contributed by atoms with E-state index in [2.05, 4.69) is 15.2 Å². The molecule has 1 N–H and O–H groups in total. The number of ether oxygens (including phenoxy) is 1. The highest BCUT2D eigenvalue weighted by Crippen LogP contribution is 2.26. The number of nitrogens with zero attached hydrogens (tertiary/aromatic N) is 3. The Balaban J connectivity index is 1.76. The lowest BCUT2D eigenvalue weighted by atomic mass is 10.2. The van der Waals surface area contributed by atoms with Gasteiger partial charge in [-0.2, -0.15) is 0 Å². The van der Waals surface area contributed by atoms with Gasteiger partial charge in [-0.15, -0.1) is 11.3 Å². The number of anilines is 1. The zero-order valence-corrected chi connectivity index (χ0v) is 14.1. The highest BCUT2D eigenvalue weighted by atomic mass is 32.1. The first-order chi connectivity index (χ1) is 10.6. The van der Waals surface area contributed by atoms with Gasteiger partial charge in [0, 0.05) is 38.1 Å². The average Bonchev–Trinajstić information content (AvgIpc) is 2.80. The molecule has 2 aromatic rings. The number of fused-ring (bicyclic) bond motifs is 1. The molecule has 1 aliphatic heterocycles. The third-order valence-corrected chi connectivity index (χ3v) is 5.33. The molecule has 0 amide bonds. The smallest absolute Gasteiger partial charge is 0.263 e. The van der Waals surface area contributed by atoms with E-state index in [1.54, 1.807) is 23.0 Å². The molecule has 0 aliphatic carbocycles. The predicted molar refractivity (Wildman–Crippen MR) is 90.1 cm³/mol. The van der Waals surface area contributed by atoms with E-state index in [-0.39, 0.29) is 5.56 Å². The Labute approximate surface area is 133 Å². The van der Waals surface area contributed by atoms with Crippen LogP contribution in [0.25, 0.3) is 10.2 Å². The lowest BCUT2D eigenvalue weighted by Crippen LogP contribution is -2.39. The van der Waals surface area contributed by atoms with Gasteiger partial charge in [0.2, 0.25) is 5.95 Å². The second-order valence-corrected chi connectivity index (χ2v) is 6.85. The maximum atomic E-state index is 12.5. The average molecular weight is 322 g/mol. The predicted octanol–water partition coefficient (Wildman–Crippen LogP) is 1.36. The summed E-state index contributed by atoms with van der Waals surface area (Å²) in [4.78, 5) is 21.5. The molecule has 7 heteroatoms. The number of hydrogen-bond donors (Lipinski definition) is 1. The topological polar surface area (TPSA) is 59.4 Å². The van der Waals surface area contributed by atoms with E-state index in [1.807, 2.05) is 13.8 Å². The Morgan fingerprint density at radius 3 is 2.77 bits per heavy atom. The largest absolute Gasteiger partial charge is 0.379 e. The summed E-state index contributed by atoms with van der Waals surface area (Å²) in [6.45, 7) is 9.27. The van der Waals surface area contributed by atoms with Crippen LogP contribution in [0, 0.1) is 13.8 Å². The maximum absolute atomic E-state index is 12.5. The molecule has 0 unspecified atom stereocenters. The summed E-state index contributed by atoms with van der Waals surface area (Å²) in [5.41, 5.74) is 1.08. The number of nitrogens with one attached hydrogen (secondary N) is 1. The van der Waals surface area contributed by atoms with Gasteiger partial charge in [0.25, 0.3) is 5.56 Å². The van der Waals surface area contributed by atoms with Crippen LogP contribution < -0.4 is 10.9 Å². The summed E-state index contributed by atoms with van der Waals surface area (Å²) in [7, 11) is 1.78. The van der Waals surface area contributed by atoms with E-state index in [9.17, 15) is 4.79 Å². The molecule has 0 aromatic carbocycles. The van der Waals surface area contributed by atoms with E-state index in [1.165, 1.54) is 0 Å². The normalized spacial score (nSPS) is 16.3. The Morgan fingerprint density at radius 1 is 1.32 bits per heavy atom. The quantitative estimate of drug-likeness (QED) is 0.921. The fraction of sp³-hybridized carbons (Fsp3) is 0.600. The molecule has 0 saturated carbocycles. The van der Waals surface area contributed by atoms with Gasteiger partial charge in [-0.3, -0.25) is 14.3 Å². The fourth-order valence-electron chi connectivity index (χ4n) is 2.68. The monoisotopic (exact) mass is 322 g/mol. The first-order valence-electron chi connectivity index (χ1n) is 7.58. The van der Waals surface area contributed by atoms with Crippen LogP contribution in [-0.2, 0) is 11.8 Å². The zero-order valence-electron chi connectivity index (χ0n) is 13.3. The van der Waals surface area contributed by atoms with Crippen LogP contribution in [0.3, 0.4) is 0 Å². The molecule has 22 heavy (non-hydrogen) atoms. The molecule has 6 nitrogen and oxygen atoms in total. The minimum atomic E-state index is 0.0284. The first-order valence-corrected chi connectivity index (χ1v) is 8.40.